The maximum Gasteiger partial charge on any atom is 0.226 e. The highest BCUT2D eigenvalue weighted by Crippen LogP contribution is 2.24. The summed E-state index contributed by atoms with van der Waals surface area (Å²) in [6, 6.07) is 0. The van der Waals surface area contributed by atoms with E-state index in [4.69, 9.17) is 27.0 Å². The summed E-state index contributed by atoms with van der Waals surface area (Å²) < 4.78 is 46.1. The van der Waals surface area contributed by atoms with Gasteiger partial charge in [0.25, 0.3) is 0 Å². The molecule has 0 radical (unpaired) electrons. The highest BCUT2D eigenvalue weighted by molar-refractivity contribution is 7.79. The van der Waals surface area contributed by atoms with Crippen molar-refractivity contribution in [1.29, 1.82) is 0 Å². The van der Waals surface area contributed by atoms with E-state index >= 15 is 0 Å². The van der Waals surface area contributed by atoms with Crippen molar-refractivity contribution in [1.82, 2.24) is 9.80 Å². The quantitative estimate of drug-likeness (QED) is 0.0258. The molecule has 4 heterocycles. The van der Waals surface area contributed by atoms with Gasteiger partial charge in [0.1, 0.15) is 49.8 Å². The summed E-state index contributed by atoms with van der Waals surface area (Å²) in [5.74, 6) is 0.607. The normalized spacial score (nSPS) is 17.0. The van der Waals surface area contributed by atoms with Gasteiger partial charge < -0.3 is 18.6 Å². The number of hydrogen-bond donors (Lipinski definition) is 0. The molecule has 13 heteroatoms. The van der Waals surface area contributed by atoms with Crippen molar-refractivity contribution in [3.8, 4) is 0 Å². The molecule has 2 saturated heterocycles. The average Bonchev–Trinajstić information content (AvgIpc) is 3.91. The standard InChI is InChI=1S/2C27H49N2O2.H2O4S/c2*1-2-3-4-5-6-7-8-9-10-11-12-13-14-15-16-17-21-29(22-24-31-25-23-29)26-28-20-18-19-27(28)30;1-5(2,3)4/h2*22-25H,2-21,26H2,1H3;(H2,1,2,3,4)/q2*+1;/p-2. The van der Waals surface area contributed by atoms with E-state index in [9.17, 15) is 9.59 Å². The van der Waals surface area contributed by atoms with Crippen molar-refractivity contribution in [2.45, 2.75) is 245 Å². The molecule has 67 heavy (non-hydrogen) atoms. The molecule has 0 spiro atoms. The van der Waals surface area contributed by atoms with Crippen molar-refractivity contribution >= 4 is 22.2 Å². The molecule has 0 bridgehead atoms. The van der Waals surface area contributed by atoms with Gasteiger partial charge in [0.15, 0.2) is 13.3 Å². The van der Waals surface area contributed by atoms with Gasteiger partial charge in [-0.1, -0.05) is 194 Å². The molecule has 4 rings (SSSR count). The first-order chi connectivity index (χ1) is 32.5. The summed E-state index contributed by atoms with van der Waals surface area (Å²) in [4.78, 5) is 28.1. The molecule has 0 atom stereocenters. The molecule has 0 aromatic carbocycles. The number of carbonyl (C=O) groups excluding carboxylic acids is 2. The first kappa shape index (κ1) is 60.4. The van der Waals surface area contributed by atoms with Gasteiger partial charge in [-0.25, -0.2) is 8.97 Å². The van der Waals surface area contributed by atoms with Crippen LogP contribution in [0.15, 0.2) is 49.8 Å². The smallest absolute Gasteiger partial charge is 0.226 e. The van der Waals surface area contributed by atoms with Gasteiger partial charge in [-0.3, -0.25) is 27.8 Å². The second-order valence-corrected chi connectivity index (χ2v) is 20.7. The molecule has 12 nitrogen and oxygen atoms in total. The monoisotopic (exact) mass is 963 g/mol. The number of carbonyl (C=O) groups is 2. The van der Waals surface area contributed by atoms with Gasteiger partial charge in [-0.2, -0.15) is 0 Å². The number of amides is 2. The fourth-order valence-electron chi connectivity index (χ4n) is 9.69. The number of rotatable bonds is 38. The van der Waals surface area contributed by atoms with Crippen LogP contribution in [-0.4, -0.2) is 87.6 Å². The van der Waals surface area contributed by atoms with Crippen molar-refractivity contribution in [2.24, 2.45) is 0 Å². The van der Waals surface area contributed by atoms with E-state index in [0.717, 1.165) is 61.3 Å². The van der Waals surface area contributed by atoms with Crippen LogP contribution in [0.3, 0.4) is 0 Å². The fraction of sp³-hybridized carbons (Fsp3) is 0.815. The molecule has 4 aliphatic rings. The van der Waals surface area contributed by atoms with Gasteiger partial charge >= 0.3 is 0 Å². The van der Waals surface area contributed by atoms with Crippen LogP contribution in [0.1, 0.15) is 245 Å². The summed E-state index contributed by atoms with van der Waals surface area (Å²) in [5.41, 5.74) is 0. The molecular formula is C54H98N4O8S. The average molecular weight is 963 g/mol. The van der Waals surface area contributed by atoms with E-state index in [0.29, 0.717) is 24.7 Å². The zero-order valence-corrected chi connectivity index (χ0v) is 43.6. The van der Waals surface area contributed by atoms with Gasteiger partial charge in [0.2, 0.25) is 11.8 Å². The van der Waals surface area contributed by atoms with E-state index in [2.05, 4.69) is 38.6 Å². The maximum atomic E-state index is 12.1. The lowest BCUT2D eigenvalue weighted by molar-refractivity contribution is -0.840. The van der Waals surface area contributed by atoms with Crippen LogP contribution in [0.2, 0.25) is 0 Å². The van der Waals surface area contributed by atoms with Crippen LogP contribution in [0.25, 0.3) is 0 Å². The maximum absolute atomic E-state index is 12.1. The van der Waals surface area contributed by atoms with Crippen LogP contribution < -0.4 is 0 Å². The van der Waals surface area contributed by atoms with Crippen LogP contribution in [-0.2, 0) is 29.5 Å². The SMILES string of the molecule is CCCCCCCCCCCCCCCCCC[N+]1(CN2CCCC2=O)C=COC=C1.CCCCCCCCCCCCCCCCCC[N+]1(CN2CCCC2=O)C=COC=C1.O=S(=O)([O-])[O-]. The predicted octanol–water partition coefficient (Wildman–Crippen LogP) is 13.9. The second-order valence-electron chi connectivity index (χ2n) is 19.9. The van der Waals surface area contributed by atoms with Crippen molar-refractivity contribution in [2.75, 3.05) is 39.5 Å². The lowest BCUT2D eigenvalue weighted by Gasteiger charge is -2.35. The highest BCUT2D eigenvalue weighted by Gasteiger charge is 2.33. The number of quaternary nitrogens is 2. The molecule has 2 amide bonds. The largest absolute Gasteiger partial charge is 0.759 e. The third kappa shape index (κ3) is 32.7. The van der Waals surface area contributed by atoms with E-state index in [-0.39, 0.29) is 0 Å². The number of unbranched alkanes of at least 4 members (excludes halogenated alkanes) is 30. The van der Waals surface area contributed by atoms with Crippen LogP contribution >= 0.6 is 0 Å². The number of hydrogen-bond acceptors (Lipinski definition) is 8. The van der Waals surface area contributed by atoms with Gasteiger partial charge in [0.05, 0.1) is 13.1 Å². The molecule has 0 N–H and O–H groups in total. The van der Waals surface area contributed by atoms with Gasteiger partial charge in [-0.05, 0) is 38.5 Å². The minimum Gasteiger partial charge on any atom is -0.759 e. The first-order valence-corrected chi connectivity index (χ1v) is 28.8. The Bertz CT molecular complexity index is 1360. The van der Waals surface area contributed by atoms with Gasteiger partial charge in [-0.15, -0.1) is 0 Å². The van der Waals surface area contributed by atoms with Crippen LogP contribution in [0.4, 0.5) is 0 Å². The molecule has 0 aromatic rings. The lowest BCUT2D eigenvalue weighted by Crippen LogP contribution is -2.48. The Morgan fingerprint density at radius 2 is 0.657 bits per heavy atom. The summed E-state index contributed by atoms with van der Waals surface area (Å²) in [6.45, 7) is 10.0. The Balaban J connectivity index is 0.000000418. The van der Waals surface area contributed by atoms with Crippen molar-refractivity contribution < 1.29 is 45.6 Å². The fourth-order valence-corrected chi connectivity index (χ4v) is 9.69. The Labute approximate surface area is 410 Å². The predicted molar refractivity (Wildman–Crippen MR) is 270 cm³/mol. The number of ether oxygens (including phenoxy) is 2. The minimum atomic E-state index is -5.17. The summed E-state index contributed by atoms with van der Waals surface area (Å²) >= 11 is 0. The molecule has 4 aliphatic heterocycles. The molecule has 0 saturated carbocycles. The zero-order chi connectivity index (χ0) is 48.6. The number of likely N-dealkylation sites (tertiary alicyclic amines) is 2. The second kappa shape index (κ2) is 39.1. The molecule has 2 fully saturated rings. The van der Waals surface area contributed by atoms with E-state index < -0.39 is 10.4 Å². The highest BCUT2D eigenvalue weighted by atomic mass is 32.3. The number of nitrogens with zero attached hydrogens (tertiary/aromatic N) is 4. The minimum absolute atomic E-state index is 0.303. The summed E-state index contributed by atoms with van der Waals surface area (Å²) in [7, 11) is -5.17. The Hall–Kier alpha value is -2.71. The van der Waals surface area contributed by atoms with Crippen LogP contribution in [0, 0.1) is 0 Å². The molecular weight excluding hydrogens is 865 g/mol. The van der Waals surface area contributed by atoms with Crippen molar-refractivity contribution in [3.05, 3.63) is 49.8 Å². The first-order valence-electron chi connectivity index (χ1n) is 27.5. The summed E-state index contributed by atoms with van der Waals surface area (Å²) in [5, 5.41) is 0. The summed E-state index contributed by atoms with van der Waals surface area (Å²) in [6.07, 6.45) is 63.6. The Morgan fingerprint density at radius 1 is 0.433 bits per heavy atom. The van der Waals surface area contributed by atoms with Crippen molar-refractivity contribution in [3.63, 3.8) is 0 Å². The van der Waals surface area contributed by atoms with E-state index in [1.54, 1.807) is 25.0 Å². The topological polar surface area (TPSA) is 139 Å². The lowest BCUT2D eigenvalue weighted by atomic mass is 10.0. The molecule has 0 aromatic heterocycles. The molecule has 0 aliphatic carbocycles. The third-order valence-electron chi connectivity index (χ3n) is 13.8. The molecule has 0 unspecified atom stereocenters. The Kier molecular flexibility index (Phi) is 35.2. The van der Waals surface area contributed by atoms with Crippen LogP contribution in [0.5, 0.6) is 0 Å². The van der Waals surface area contributed by atoms with E-state index in [1.807, 2.05) is 9.80 Å². The third-order valence-corrected chi connectivity index (χ3v) is 13.8. The van der Waals surface area contributed by atoms with Gasteiger partial charge in [0, 0.05) is 36.3 Å². The van der Waals surface area contributed by atoms with E-state index in [1.165, 1.54) is 205 Å². The molecule has 388 valence electrons. The zero-order valence-electron chi connectivity index (χ0n) is 42.8. The Morgan fingerprint density at radius 3 is 0.866 bits per heavy atom.